The number of likely N-dealkylation sites (tertiary alicyclic amines) is 1. The van der Waals surface area contributed by atoms with E-state index < -0.39 is 4.92 Å². The first-order chi connectivity index (χ1) is 9.04. The molecule has 1 aromatic rings. The fourth-order valence-electron chi connectivity index (χ4n) is 2.50. The lowest BCUT2D eigenvalue weighted by Crippen LogP contribution is -2.40. The number of aryl methyl sites for hydroxylation is 1. The first kappa shape index (κ1) is 16.4. The van der Waals surface area contributed by atoms with Gasteiger partial charge >= 0.3 is 0 Å². The van der Waals surface area contributed by atoms with Crippen LogP contribution in [0.25, 0.3) is 0 Å². The van der Waals surface area contributed by atoms with Crippen LogP contribution >= 0.6 is 12.4 Å². The molecule has 2 rings (SSSR count). The molecule has 1 saturated heterocycles. The number of amides is 1. The second-order valence-electron chi connectivity index (χ2n) is 4.79. The Labute approximate surface area is 123 Å². The zero-order valence-corrected chi connectivity index (χ0v) is 12.1. The number of hydrogen-bond donors (Lipinski definition) is 1. The third kappa shape index (κ3) is 3.08. The number of rotatable bonds is 3. The maximum absolute atomic E-state index is 12.4. The van der Waals surface area contributed by atoms with Gasteiger partial charge in [0.1, 0.15) is 0 Å². The van der Waals surface area contributed by atoms with Gasteiger partial charge in [0, 0.05) is 36.8 Å². The number of non-ortho nitro benzene ring substituents is 1. The number of nitro groups is 1. The summed E-state index contributed by atoms with van der Waals surface area (Å²) in [7, 11) is 0. The van der Waals surface area contributed by atoms with Gasteiger partial charge in [-0.05, 0) is 31.4 Å². The summed E-state index contributed by atoms with van der Waals surface area (Å²) in [5.74, 6) is -0.0830. The molecule has 1 aromatic carbocycles. The van der Waals surface area contributed by atoms with Crippen LogP contribution in [0.15, 0.2) is 18.2 Å². The van der Waals surface area contributed by atoms with E-state index in [2.05, 4.69) is 0 Å². The molecule has 1 aliphatic rings. The summed E-state index contributed by atoms with van der Waals surface area (Å²) in [6.45, 7) is 2.88. The first-order valence-corrected chi connectivity index (χ1v) is 6.30. The Balaban J connectivity index is 0.00000200. The van der Waals surface area contributed by atoms with Gasteiger partial charge in [-0.1, -0.05) is 0 Å². The Kier molecular flexibility index (Phi) is 5.47. The summed E-state index contributed by atoms with van der Waals surface area (Å²) in [6.07, 6.45) is 1.88. The van der Waals surface area contributed by atoms with Crippen LogP contribution in [0.1, 0.15) is 28.8 Å². The lowest BCUT2D eigenvalue weighted by molar-refractivity contribution is -0.384. The van der Waals surface area contributed by atoms with Crippen LogP contribution in [0.2, 0.25) is 0 Å². The molecule has 1 atom stereocenters. The number of carbonyl (C=O) groups excluding carboxylic acids is 1. The van der Waals surface area contributed by atoms with Gasteiger partial charge in [0.15, 0.2) is 0 Å². The van der Waals surface area contributed by atoms with Crippen molar-refractivity contribution in [2.24, 2.45) is 5.73 Å². The maximum atomic E-state index is 12.4. The van der Waals surface area contributed by atoms with Crippen LogP contribution in [0.4, 0.5) is 5.69 Å². The average molecular weight is 300 g/mol. The molecule has 0 spiro atoms. The average Bonchev–Trinajstić information content (AvgIpc) is 2.85. The fraction of sp³-hybridized carbons (Fsp3) is 0.462. The minimum Gasteiger partial charge on any atom is -0.334 e. The quantitative estimate of drug-likeness (QED) is 0.681. The Bertz CT molecular complexity index is 522. The lowest BCUT2D eigenvalue weighted by Gasteiger charge is -2.24. The van der Waals surface area contributed by atoms with Crippen LogP contribution in [0.5, 0.6) is 0 Å². The zero-order valence-electron chi connectivity index (χ0n) is 11.2. The SMILES string of the molecule is Cc1cc([N+](=O)[O-])ccc1C(=O)N1CCCC1CN.Cl. The molecular formula is C13H18ClN3O3. The summed E-state index contributed by atoms with van der Waals surface area (Å²) in [5, 5.41) is 10.7. The summed E-state index contributed by atoms with van der Waals surface area (Å²) >= 11 is 0. The lowest BCUT2D eigenvalue weighted by atomic mass is 10.1. The molecule has 110 valence electrons. The predicted molar refractivity (Wildman–Crippen MR) is 78.2 cm³/mol. The first-order valence-electron chi connectivity index (χ1n) is 6.30. The third-order valence-corrected chi connectivity index (χ3v) is 3.56. The van der Waals surface area contributed by atoms with Crippen LogP contribution < -0.4 is 5.73 Å². The van der Waals surface area contributed by atoms with E-state index in [9.17, 15) is 14.9 Å². The smallest absolute Gasteiger partial charge is 0.269 e. The topological polar surface area (TPSA) is 89.5 Å². The van der Waals surface area contributed by atoms with E-state index in [1.54, 1.807) is 11.8 Å². The summed E-state index contributed by atoms with van der Waals surface area (Å²) in [6, 6.07) is 4.41. The van der Waals surface area contributed by atoms with Crippen molar-refractivity contribution in [3.05, 3.63) is 39.4 Å². The number of nitrogens with zero attached hydrogens (tertiary/aromatic N) is 2. The van der Waals surface area contributed by atoms with Gasteiger partial charge in [0.2, 0.25) is 0 Å². The van der Waals surface area contributed by atoms with Crippen LogP contribution in [0, 0.1) is 17.0 Å². The van der Waals surface area contributed by atoms with Crippen molar-refractivity contribution >= 4 is 24.0 Å². The van der Waals surface area contributed by atoms with Crippen molar-refractivity contribution in [1.82, 2.24) is 4.90 Å². The number of carbonyl (C=O) groups is 1. The minimum absolute atomic E-state index is 0. The Morgan fingerprint density at radius 2 is 2.25 bits per heavy atom. The van der Waals surface area contributed by atoms with E-state index in [-0.39, 0.29) is 30.0 Å². The molecule has 7 heteroatoms. The van der Waals surface area contributed by atoms with Gasteiger partial charge in [-0.25, -0.2) is 0 Å². The van der Waals surface area contributed by atoms with Crippen molar-refractivity contribution in [3.8, 4) is 0 Å². The molecule has 1 fully saturated rings. The highest BCUT2D eigenvalue weighted by Gasteiger charge is 2.29. The minimum atomic E-state index is -0.459. The van der Waals surface area contributed by atoms with Crippen molar-refractivity contribution in [1.29, 1.82) is 0 Å². The molecule has 1 amide bonds. The number of hydrogen-bond acceptors (Lipinski definition) is 4. The van der Waals surface area contributed by atoms with Gasteiger partial charge < -0.3 is 10.6 Å². The highest BCUT2D eigenvalue weighted by atomic mass is 35.5. The van der Waals surface area contributed by atoms with Gasteiger partial charge in [-0.15, -0.1) is 12.4 Å². The number of nitro benzene ring substituents is 1. The van der Waals surface area contributed by atoms with E-state index in [4.69, 9.17) is 5.73 Å². The van der Waals surface area contributed by atoms with E-state index in [0.29, 0.717) is 24.2 Å². The normalized spacial score (nSPS) is 17.7. The largest absolute Gasteiger partial charge is 0.334 e. The number of benzene rings is 1. The van der Waals surface area contributed by atoms with Crippen LogP contribution in [-0.4, -0.2) is 34.9 Å². The second kappa shape index (κ2) is 6.67. The molecule has 0 aromatic heterocycles. The maximum Gasteiger partial charge on any atom is 0.269 e. The predicted octanol–water partition coefficient (Wildman–Crippen LogP) is 1.89. The summed E-state index contributed by atoms with van der Waals surface area (Å²) < 4.78 is 0. The van der Waals surface area contributed by atoms with Crippen molar-refractivity contribution in [2.75, 3.05) is 13.1 Å². The third-order valence-electron chi connectivity index (χ3n) is 3.56. The van der Waals surface area contributed by atoms with Gasteiger partial charge in [-0.2, -0.15) is 0 Å². The van der Waals surface area contributed by atoms with Crippen molar-refractivity contribution < 1.29 is 9.72 Å². The molecule has 2 N–H and O–H groups in total. The summed E-state index contributed by atoms with van der Waals surface area (Å²) in [4.78, 5) is 24.4. The fourth-order valence-corrected chi connectivity index (χ4v) is 2.50. The number of nitrogens with two attached hydrogens (primary N) is 1. The van der Waals surface area contributed by atoms with Crippen LogP contribution in [0.3, 0.4) is 0 Å². The molecule has 0 radical (unpaired) electrons. The van der Waals surface area contributed by atoms with Crippen molar-refractivity contribution in [3.63, 3.8) is 0 Å². The van der Waals surface area contributed by atoms with Crippen LogP contribution in [-0.2, 0) is 0 Å². The summed E-state index contributed by atoms with van der Waals surface area (Å²) in [5.41, 5.74) is 6.81. The molecule has 1 aliphatic heterocycles. The van der Waals surface area contributed by atoms with E-state index in [0.717, 1.165) is 12.8 Å². The molecule has 0 bridgehead atoms. The zero-order chi connectivity index (χ0) is 14.0. The second-order valence-corrected chi connectivity index (χ2v) is 4.79. The van der Waals surface area contributed by atoms with E-state index >= 15 is 0 Å². The Morgan fingerprint density at radius 3 is 2.80 bits per heavy atom. The monoisotopic (exact) mass is 299 g/mol. The van der Waals surface area contributed by atoms with Gasteiger partial charge in [0.05, 0.1) is 4.92 Å². The highest BCUT2D eigenvalue weighted by molar-refractivity contribution is 5.96. The Hall–Kier alpha value is -1.66. The van der Waals surface area contributed by atoms with E-state index in [1.807, 2.05) is 0 Å². The van der Waals surface area contributed by atoms with Crippen molar-refractivity contribution in [2.45, 2.75) is 25.8 Å². The standard InChI is InChI=1S/C13H17N3O3.ClH/c1-9-7-10(16(18)19)4-5-12(9)13(17)15-6-2-3-11(15)8-14;/h4-5,7,11H,2-3,6,8,14H2,1H3;1H. The van der Waals surface area contributed by atoms with E-state index in [1.165, 1.54) is 18.2 Å². The molecule has 6 nitrogen and oxygen atoms in total. The molecule has 0 saturated carbocycles. The molecule has 20 heavy (non-hydrogen) atoms. The van der Waals surface area contributed by atoms with Gasteiger partial charge in [-0.3, -0.25) is 14.9 Å². The highest BCUT2D eigenvalue weighted by Crippen LogP contribution is 2.23. The molecule has 1 heterocycles. The molecule has 0 aliphatic carbocycles. The van der Waals surface area contributed by atoms with Gasteiger partial charge in [0.25, 0.3) is 11.6 Å². The molecule has 1 unspecified atom stereocenters. The Morgan fingerprint density at radius 1 is 1.55 bits per heavy atom. The number of halogens is 1. The molecular weight excluding hydrogens is 282 g/mol.